The lowest BCUT2D eigenvalue weighted by Gasteiger charge is -2.46. The van der Waals surface area contributed by atoms with Crippen LogP contribution in [0.15, 0.2) is 187 Å². The van der Waals surface area contributed by atoms with E-state index in [2.05, 4.69) is 238 Å². The maximum absolute atomic E-state index is 2.79. The number of rotatable bonds is 3. The Hall–Kier alpha value is -7.56. The normalized spacial score (nSPS) is 17.1. The molecule has 10 aromatic rings. The molecule has 0 saturated carbocycles. The minimum atomic E-state index is 0.0342. The number of nitrogens with zero attached hydrogens (tertiary/aromatic N) is 3. The Morgan fingerprint density at radius 1 is 0.500 bits per heavy atom. The van der Waals surface area contributed by atoms with Gasteiger partial charge in [0.2, 0.25) is 6.71 Å². The second-order valence-corrected chi connectivity index (χ2v) is 22.0. The molecule has 2 unspecified atom stereocenters. The molecule has 0 amide bonds. The molecule has 3 aliphatic heterocycles. The van der Waals surface area contributed by atoms with Crippen molar-refractivity contribution in [3.63, 3.8) is 0 Å². The van der Waals surface area contributed by atoms with Gasteiger partial charge in [-0.05, 0) is 131 Å². The molecular formula is C64H50BN3. The molecule has 2 atom stereocenters. The molecule has 15 rings (SSSR count). The number of allylic oxidation sites excluding steroid dienone is 2. The van der Waals surface area contributed by atoms with Crippen LogP contribution in [0.1, 0.15) is 69.7 Å². The Labute approximate surface area is 398 Å². The van der Waals surface area contributed by atoms with Gasteiger partial charge in [0.25, 0.3) is 0 Å². The van der Waals surface area contributed by atoms with Gasteiger partial charge in [0.05, 0.1) is 17.2 Å². The fourth-order valence-electron chi connectivity index (χ4n) is 13.4. The Morgan fingerprint density at radius 3 is 1.88 bits per heavy atom. The third kappa shape index (κ3) is 4.95. The zero-order valence-electron chi connectivity index (χ0n) is 39.4. The number of para-hydroxylation sites is 1. The van der Waals surface area contributed by atoms with Crippen LogP contribution in [0.2, 0.25) is 0 Å². The van der Waals surface area contributed by atoms with Crippen LogP contribution in [0.3, 0.4) is 0 Å². The number of benzene rings is 9. The summed E-state index contributed by atoms with van der Waals surface area (Å²) in [6.45, 7) is 13.9. The number of hydrogen-bond acceptors (Lipinski definition) is 2. The molecule has 1 aromatic heterocycles. The van der Waals surface area contributed by atoms with Gasteiger partial charge in [-0.3, -0.25) is 0 Å². The van der Waals surface area contributed by atoms with Gasteiger partial charge in [0, 0.05) is 50.6 Å². The fourth-order valence-corrected chi connectivity index (χ4v) is 13.4. The van der Waals surface area contributed by atoms with Crippen LogP contribution in [0.25, 0.3) is 65.7 Å². The van der Waals surface area contributed by atoms with Crippen molar-refractivity contribution in [2.24, 2.45) is 0 Å². The van der Waals surface area contributed by atoms with Gasteiger partial charge in [-0.1, -0.05) is 180 Å². The summed E-state index contributed by atoms with van der Waals surface area (Å²) in [5.74, 6) is 0.167. The van der Waals surface area contributed by atoms with E-state index in [0.29, 0.717) is 0 Å². The van der Waals surface area contributed by atoms with Crippen LogP contribution in [-0.4, -0.2) is 17.3 Å². The maximum Gasteiger partial charge on any atom is 0.247 e. The highest BCUT2D eigenvalue weighted by atomic mass is 15.2. The van der Waals surface area contributed by atoms with Crippen molar-refractivity contribution in [3.8, 4) is 16.8 Å². The summed E-state index contributed by atoms with van der Waals surface area (Å²) in [7, 11) is 0. The zero-order chi connectivity index (χ0) is 45.5. The first-order valence-electron chi connectivity index (χ1n) is 24.5. The molecule has 9 aromatic carbocycles. The quantitative estimate of drug-likeness (QED) is 0.164. The number of fused-ring (bicyclic) bond motifs is 13. The fraction of sp³-hybridized carbons (Fsp3) is 0.156. The summed E-state index contributed by atoms with van der Waals surface area (Å²) in [6, 6.07) is 65.7. The van der Waals surface area contributed by atoms with E-state index in [1.807, 2.05) is 0 Å². The first-order valence-corrected chi connectivity index (χ1v) is 24.5. The first kappa shape index (κ1) is 38.5. The Bertz CT molecular complexity index is 3890. The third-order valence-corrected chi connectivity index (χ3v) is 16.4. The predicted molar refractivity (Wildman–Crippen MR) is 290 cm³/mol. The molecule has 0 radical (unpaired) electrons. The van der Waals surface area contributed by atoms with Gasteiger partial charge in [-0.2, -0.15) is 0 Å². The van der Waals surface area contributed by atoms with E-state index in [0.717, 1.165) is 17.1 Å². The van der Waals surface area contributed by atoms with Crippen LogP contribution >= 0.6 is 0 Å². The molecular weight excluding hydrogens is 822 g/mol. The van der Waals surface area contributed by atoms with Crippen LogP contribution in [0.5, 0.6) is 0 Å². The summed E-state index contributed by atoms with van der Waals surface area (Å²) < 4.78 is 2.65. The van der Waals surface area contributed by atoms with E-state index in [9.17, 15) is 0 Å². The van der Waals surface area contributed by atoms with Crippen molar-refractivity contribution in [2.45, 2.75) is 64.3 Å². The van der Waals surface area contributed by atoms with Gasteiger partial charge in [0.15, 0.2) is 0 Å². The number of aromatic nitrogens is 1. The summed E-state index contributed by atoms with van der Waals surface area (Å²) in [4.78, 5) is 5.31. The average Bonchev–Trinajstić information content (AvgIpc) is 3.85. The van der Waals surface area contributed by atoms with E-state index in [1.54, 1.807) is 0 Å². The smallest absolute Gasteiger partial charge is 0.247 e. The summed E-state index contributed by atoms with van der Waals surface area (Å²) >= 11 is 0. The minimum absolute atomic E-state index is 0.0342. The van der Waals surface area contributed by atoms with Crippen LogP contribution in [-0.2, 0) is 10.8 Å². The lowest BCUT2D eigenvalue weighted by atomic mass is 9.31. The second-order valence-electron chi connectivity index (χ2n) is 22.0. The largest absolute Gasteiger partial charge is 0.334 e. The van der Waals surface area contributed by atoms with Gasteiger partial charge < -0.3 is 14.4 Å². The van der Waals surface area contributed by atoms with Crippen molar-refractivity contribution in [2.75, 3.05) is 9.80 Å². The van der Waals surface area contributed by atoms with Gasteiger partial charge in [0.1, 0.15) is 0 Å². The molecule has 2 aliphatic carbocycles. The van der Waals surface area contributed by atoms with Crippen molar-refractivity contribution in [3.05, 3.63) is 210 Å². The van der Waals surface area contributed by atoms with Crippen LogP contribution in [0.4, 0.5) is 28.4 Å². The van der Waals surface area contributed by atoms with Crippen LogP contribution in [0, 0.1) is 0 Å². The molecule has 0 fully saturated rings. The van der Waals surface area contributed by atoms with E-state index in [-0.39, 0.29) is 29.5 Å². The molecule has 0 saturated heterocycles. The Balaban J connectivity index is 1.09. The molecule has 5 aliphatic rings. The lowest BCUT2D eigenvalue weighted by molar-refractivity contribution is 0.590. The highest BCUT2D eigenvalue weighted by Gasteiger charge is 2.55. The first-order chi connectivity index (χ1) is 33.0. The topological polar surface area (TPSA) is 11.4 Å². The lowest BCUT2D eigenvalue weighted by Crippen LogP contribution is -2.60. The molecule has 0 spiro atoms. The molecule has 0 bridgehead atoms. The van der Waals surface area contributed by atoms with Crippen molar-refractivity contribution in [1.29, 1.82) is 0 Å². The Kier molecular flexibility index (Phi) is 7.43. The molecule has 68 heavy (non-hydrogen) atoms. The van der Waals surface area contributed by atoms with Crippen molar-refractivity contribution >= 4 is 95.0 Å². The standard InChI is InChI=1S/C64H50BN3/c1-63(2,3)39-23-27-41(28-24-39)66(42-29-25-40(26-30-42)64(4,5)6)43-35-54-60-55(36-43)68-53-34-22-38-14-11-18-47-45-16-9-10-17-46(45)48-31-32-51(62(68)58(48)59(53)56(38)47)65(60)50-20-12-19-49-57-44-15-8-7-13-37(44)21-33-52(57)67(54)61(49)50/h7-36,58,62H,1-6H3. The van der Waals surface area contributed by atoms with Gasteiger partial charge in [-0.15, -0.1) is 0 Å². The third-order valence-electron chi connectivity index (χ3n) is 16.4. The zero-order valence-corrected chi connectivity index (χ0v) is 39.4. The number of hydrogen-bond donors (Lipinski definition) is 0. The average molecular weight is 872 g/mol. The monoisotopic (exact) mass is 871 g/mol. The van der Waals surface area contributed by atoms with Crippen molar-refractivity contribution in [1.82, 2.24) is 4.57 Å². The van der Waals surface area contributed by atoms with E-state index in [1.165, 1.54) is 116 Å². The number of anilines is 5. The molecule has 4 heteroatoms. The highest BCUT2D eigenvalue weighted by molar-refractivity contribution is 6.95. The van der Waals surface area contributed by atoms with E-state index < -0.39 is 0 Å². The summed E-state index contributed by atoms with van der Waals surface area (Å²) in [5, 5.41) is 7.94. The van der Waals surface area contributed by atoms with Crippen LogP contribution < -0.4 is 20.7 Å². The van der Waals surface area contributed by atoms with Crippen molar-refractivity contribution < 1.29 is 0 Å². The molecule has 0 N–H and O–H groups in total. The summed E-state index contributed by atoms with van der Waals surface area (Å²) in [6.07, 6.45) is 5.05. The predicted octanol–water partition coefficient (Wildman–Crippen LogP) is 15.2. The van der Waals surface area contributed by atoms with Gasteiger partial charge >= 0.3 is 0 Å². The highest BCUT2D eigenvalue weighted by Crippen LogP contribution is 2.62. The summed E-state index contributed by atoms with van der Waals surface area (Å²) in [5.41, 5.74) is 23.8. The molecule has 3 nitrogen and oxygen atoms in total. The Morgan fingerprint density at radius 2 is 1.13 bits per heavy atom. The molecule has 324 valence electrons. The van der Waals surface area contributed by atoms with E-state index >= 15 is 0 Å². The minimum Gasteiger partial charge on any atom is -0.334 e. The second kappa shape index (κ2) is 13.1. The molecule has 4 heterocycles. The van der Waals surface area contributed by atoms with E-state index in [4.69, 9.17) is 0 Å². The maximum atomic E-state index is 2.79. The van der Waals surface area contributed by atoms with Gasteiger partial charge in [-0.25, -0.2) is 0 Å². The SMILES string of the molecule is CC(C)(C)c1ccc(N(c2ccc(C(C)(C)C)cc2)c2cc3c4c(c2)-n2c5ccc6ccccc6c5c5cccc(c52)B4C2=CC=C4c5ccccc5-c5cccc6ccc7c(c56)C4C2N37)cc1.